The molecular weight excluding hydrogens is 388 g/mol. The molecule has 2 aromatic carbocycles. The van der Waals surface area contributed by atoms with E-state index in [1.54, 1.807) is 49.6 Å². The Kier molecular flexibility index (Phi) is 4.93. The number of rotatable bonds is 4. The van der Waals surface area contributed by atoms with Crippen molar-refractivity contribution in [2.75, 3.05) is 7.11 Å². The van der Waals surface area contributed by atoms with E-state index in [1.165, 1.54) is 13.3 Å². The zero-order valence-electron chi connectivity index (χ0n) is 16.3. The van der Waals surface area contributed by atoms with Gasteiger partial charge in [0, 0.05) is 29.4 Å². The van der Waals surface area contributed by atoms with E-state index in [2.05, 4.69) is 16.0 Å². The minimum Gasteiger partial charge on any atom is -0.497 e. The van der Waals surface area contributed by atoms with Crippen molar-refractivity contribution in [3.63, 3.8) is 0 Å². The summed E-state index contributed by atoms with van der Waals surface area (Å²) in [7, 11) is 3.02. The minimum atomic E-state index is -0.628. The number of aromatic nitrogens is 2. The van der Waals surface area contributed by atoms with Gasteiger partial charge in [-0.25, -0.2) is 4.68 Å². The van der Waals surface area contributed by atoms with Crippen LogP contribution in [-0.2, 0) is 18.3 Å². The Morgan fingerprint density at radius 1 is 1.10 bits per heavy atom. The maximum Gasteiger partial charge on any atom is 0.290 e. The molecule has 2 heterocycles. The number of hydrazine groups is 1. The first kappa shape index (κ1) is 19.2. The Hall–Kier alpha value is -4.14. The highest BCUT2D eigenvalue weighted by molar-refractivity contribution is 6.05. The average Bonchev–Trinajstić information content (AvgIpc) is 3.16. The van der Waals surface area contributed by atoms with E-state index >= 15 is 0 Å². The van der Waals surface area contributed by atoms with E-state index in [0.717, 1.165) is 10.1 Å². The summed E-state index contributed by atoms with van der Waals surface area (Å²) < 4.78 is 11.7. The highest BCUT2D eigenvalue weighted by Crippen LogP contribution is 2.25. The standard InChI is InChI=1S/C21H18N4O5/c1-25-21(28)16-6-4-3-5-15(16)19(24-25)20(27)23-22-18(26)9-12-11-30-17-10-13(29-2)7-8-14(12)17/h3-8,10-11H,9H2,1-2H3,(H,22,26)(H,23,27). The number of furan rings is 1. The van der Waals surface area contributed by atoms with Crippen molar-refractivity contribution in [2.45, 2.75) is 6.42 Å². The highest BCUT2D eigenvalue weighted by Gasteiger charge is 2.17. The number of nitrogens with one attached hydrogen (secondary N) is 2. The van der Waals surface area contributed by atoms with Gasteiger partial charge < -0.3 is 9.15 Å². The molecule has 0 radical (unpaired) electrons. The van der Waals surface area contributed by atoms with Crippen LogP contribution in [0.2, 0.25) is 0 Å². The first-order valence-electron chi connectivity index (χ1n) is 9.07. The summed E-state index contributed by atoms with van der Waals surface area (Å²) in [6.45, 7) is 0. The summed E-state index contributed by atoms with van der Waals surface area (Å²) >= 11 is 0. The van der Waals surface area contributed by atoms with Gasteiger partial charge in [-0.3, -0.25) is 25.2 Å². The quantitative estimate of drug-likeness (QED) is 0.499. The molecule has 0 aliphatic rings. The zero-order chi connectivity index (χ0) is 21.3. The van der Waals surface area contributed by atoms with Gasteiger partial charge in [-0.1, -0.05) is 18.2 Å². The minimum absolute atomic E-state index is 0.00105. The Morgan fingerprint density at radius 3 is 2.63 bits per heavy atom. The summed E-state index contributed by atoms with van der Waals surface area (Å²) in [6, 6.07) is 12.0. The zero-order valence-corrected chi connectivity index (χ0v) is 16.3. The third-order valence-electron chi connectivity index (χ3n) is 4.70. The molecule has 0 unspecified atom stereocenters. The van der Waals surface area contributed by atoms with Crippen LogP contribution in [0.5, 0.6) is 5.75 Å². The summed E-state index contributed by atoms with van der Waals surface area (Å²) in [6.07, 6.45) is 1.49. The third-order valence-corrected chi connectivity index (χ3v) is 4.70. The first-order chi connectivity index (χ1) is 14.5. The molecule has 4 rings (SSSR count). The summed E-state index contributed by atoms with van der Waals surface area (Å²) in [5, 5.41) is 5.58. The van der Waals surface area contributed by atoms with Gasteiger partial charge in [0.1, 0.15) is 11.3 Å². The molecule has 2 N–H and O–H groups in total. The smallest absolute Gasteiger partial charge is 0.290 e. The number of carbonyl (C=O) groups excluding carboxylic acids is 2. The molecule has 0 aliphatic heterocycles. The van der Waals surface area contributed by atoms with Gasteiger partial charge in [0.2, 0.25) is 5.91 Å². The van der Waals surface area contributed by atoms with Gasteiger partial charge in [0.25, 0.3) is 11.5 Å². The van der Waals surface area contributed by atoms with Crippen LogP contribution < -0.4 is 21.1 Å². The van der Waals surface area contributed by atoms with Crippen LogP contribution in [0, 0.1) is 0 Å². The molecule has 152 valence electrons. The van der Waals surface area contributed by atoms with Crippen molar-refractivity contribution in [2.24, 2.45) is 7.05 Å². The third kappa shape index (κ3) is 3.48. The molecule has 0 aliphatic carbocycles. The van der Waals surface area contributed by atoms with Gasteiger partial charge >= 0.3 is 0 Å². The van der Waals surface area contributed by atoms with Crippen molar-refractivity contribution in [1.29, 1.82) is 0 Å². The van der Waals surface area contributed by atoms with Crippen LogP contribution in [0.25, 0.3) is 21.7 Å². The van der Waals surface area contributed by atoms with Crippen molar-refractivity contribution < 1.29 is 18.7 Å². The number of carbonyl (C=O) groups is 2. The van der Waals surface area contributed by atoms with Gasteiger partial charge in [-0.2, -0.15) is 5.10 Å². The Balaban J connectivity index is 1.48. The molecule has 0 atom stereocenters. The molecule has 9 nitrogen and oxygen atoms in total. The lowest BCUT2D eigenvalue weighted by atomic mass is 10.1. The van der Waals surface area contributed by atoms with Gasteiger partial charge in [0.05, 0.1) is 25.2 Å². The number of benzene rings is 2. The number of hydrogen-bond acceptors (Lipinski definition) is 6. The second kappa shape index (κ2) is 7.70. The van der Waals surface area contributed by atoms with E-state index in [1.807, 2.05) is 0 Å². The first-order valence-corrected chi connectivity index (χ1v) is 9.07. The van der Waals surface area contributed by atoms with Crippen molar-refractivity contribution in [3.8, 4) is 5.75 Å². The topological polar surface area (TPSA) is 115 Å². The predicted octanol–water partition coefficient (Wildman–Crippen LogP) is 1.69. The number of aryl methyl sites for hydroxylation is 1. The fourth-order valence-corrected chi connectivity index (χ4v) is 3.20. The molecule has 0 saturated heterocycles. The van der Waals surface area contributed by atoms with Crippen LogP contribution in [0.3, 0.4) is 0 Å². The molecular formula is C21H18N4O5. The lowest BCUT2D eigenvalue weighted by molar-refractivity contribution is -0.121. The number of methoxy groups -OCH3 is 1. The molecule has 30 heavy (non-hydrogen) atoms. The number of nitrogens with zero attached hydrogens (tertiary/aromatic N) is 2. The second-order valence-corrected chi connectivity index (χ2v) is 6.63. The van der Waals surface area contributed by atoms with Gasteiger partial charge in [-0.05, 0) is 18.2 Å². The lowest BCUT2D eigenvalue weighted by Crippen LogP contribution is -2.43. The molecule has 2 aromatic heterocycles. The molecule has 2 amide bonds. The van der Waals surface area contributed by atoms with E-state index in [-0.39, 0.29) is 17.7 Å². The number of hydrogen-bond donors (Lipinski definition) is 2. The van der Waals surface area contributed by atoms with Crippen LogP contribution in [-0.4, -0.2) is 28.7 Å². The molecule has 4 aromatic rings. The highest BCUT2D eigenvalue weighted by atomic mass is 16.5. The van der Waals surface area contributed by atoms with Crippen LogP contribution in [0.4, 0.5) is 0 Å². The predicted molar refractivity (Wildman–Crippen MR) is 109 cm³/mol. The molecule has 0 fully saturated rings. The number of ether oxygens (including phenoxy) is 1. The fraction of sp³-hybridized carbons (Fsp3) is 0.143. The fourth-order valence-electron chi connectivity index (χ4n) is 3.20. The van der Waals surface area contributed by atoms with E-state index in [0.29, 0.717) is 27.7 Å². The Bertz CT molecular complexity index is 1340. The summed E-state index contributed by atoms with van der Waals surface area (Å²) in [4.78, 5) is 37.1. The van der Waals surface area contributed by atoms with E-state index in [9.17, 15) is 14.4 Å². The van der Waals surface area contributed by atoms with Crippen molar-refractivity contribution in [3.05, 3.63) is 70.3 Å². The summed E-state index contributed by atoms with van der Waals surface area (Å²) in [5.74, 6) is -0.412. The molecule has 0 saturated carbocycles. The normalized spacial score (nSPS) is 10.9. The maximum atomic E-state index is 12.6. The Labute approximate surface area is 170 Å². The summed E-state index contributed by atoms with van der Waals surface area (Å²) in [5.41, 5.74) is 5.72. The monoisotopic (exact) mass is 406 g/mol. The number of amides is 2. The van der Waals surface area contributed by atoms with Crippen LogP contribution in [0.15, 0.2) is 57.9 Å². The van der Waals surface area contributed by atoms with E-state index < -0.39 is 11.8 Å². The molecule has 0 spiro atoms. The SMILES string of the molecule is COc1ccc2c(CC(=O)NNC(=O)c3nn(C)c(=O)c4ccccc34)coc2c1. The Morgan fingerprint density at radius 2 is 1.87 bits per heavy atom. The lowest BCUT2D eigenvalue weighted by Gasteiger charge is -2.09. The maximum absolute atomic E-state index is 12.6. The van der Waals surface area contributed by atoms with Crippen molar-refractivity contribution >= 4 is 33.6 Å². The van der Waals surface area contributed by atoms with Gasteiger partial charge in [-0.15, -0.1) is 0 Å². The van der Waals surface area contributed by atoms with Crippen molar-refractivity contribution in [1.82, 2.24) is 20.6 Å². The second-order valence-electron chi connectivity index (χ2n) is 6.63. The van der Waals surface area contributed by atoms with Crippen LogP contribution >= 0.6 is 0 Å². The molecule has 0 bridgehead atoms. The van der Waals surface area contributed by atoms with Crippen LogP contribution in [0.1, 0.15) is 16.1 Å². The average molecular weight is 406 g/mol. The molecule has 9 heteroatoms. The van der Waals surface area contributed by atoms with Gasteiger partial charge in [0.15, 0.2) is 5.69 Å². The largest absolute Gasteiger partial charge is 0.497 e. The number of fused-ring (bicyclic) bond motifs is 2. The van der Waals surface area contributed by atoms with E-state index in [4.69, 9.17) is 9.15 Å².